The molecule has 2 N–H and O–H groups in total. The maximum absolute atomic E-state index is 12.2. The van der Waals surface area contributed by atoms with Crippen molar-refractivity contribution in [1.82, 2.24) is 0 Å². The van der Waals surface area contributed by atoms with Gasteiger partial charge in [0.25, 0.3) is 0 Å². The summed E-state index contributed by atoms with van der Waals surface area (Å²) in [6, 6.07) is 14.3. The smallest absolute Gasteiger partial charge is 0.326 e. The van der Waals surface area contributed by atoms with Gasteiger partial charge in [0.2, 0.25) is 0 Å². The van der Waals surface area contributed by atoms with Crippen LogP contribution in [0.15, 0.2) is 48.5 Å². The maximum Gasteiger partial charge on any atom is 0.326 e. The number of para-hydroxylation sites is 1. The van der Waals surface area contributed by atoms with Crippen LogP contribution in [0.4, 0.5) is 16.2 Å². The molecule has 96 valence electrons. The van der Waals surface area contributed by atoms with Crippen LogP contribution in [0, 0.1) is 0 Å². The van der Waals surface area contributed by atoms with Gasteiger partial charge >= 0.3 is 6.03 Å². The minimum atomic E-state index is -0.171. The SMILES string of the molecule is O=C(Nc1cccc(O)c1)N1CCc2ccccc21. The van der Waals surface area contributed by atoms with E-state index < -0.39 is 0 Å². The molecule has 4 nitrogen and oxygen atoms in total. The molecule has 0 atom stereocenters. The van der Waals surface area contributed by atoms with Gasteiger partial charge in [0, 0.05) is 24.0 Å². The predicted octanol–water partition coefficient (Wildman–Crippen LogP) is 2.99. The third-order valence-electron chi connectivity index (χ3n) is 3.23. The fourth-order valence-electron chi connectivity index (χ4n) is 2.32. The average molecular weight is 254 g/mol. The van der Waals surface area contributed by atoms with Gasteiger partial charge in [0.05, 0.1) is 0 Å². The van der Waals surface area contributed by atoms with Crippen molar-refractivity contribution in [3.63, 3.8) is 0 Å². The summed E-state index contributed by atoms with van der Waals surface area (Å²) in [5.74, 6) is 0.139. The van der Waals surface area contributed by atoms with Gasteiger partial charge in [-0.1, -0.05) is 24.3 Å². The molecule has 0 radical (unpaired) electrons. The summed E-state index contributed by atoms with van der Waals surface area (Å²) in [5.41, 5.74) is 2.74. The first kappa shape index (κ1) is 11.6. The normalized spacial score (nSPS) is 13.2. The summed E-state index contributed by atoms with van der Waals surface area (Å²) in [6.45, 7) is 0.685. The molecule has 3 rings (SSSR count). The van der Waals surface area contributed by atoms with E-state index in [0.717, 1.165) is 12.1 Å². The molecule has 0 spiro atoms. The van der Waals surface area contributed by atoms with Crippen molar-refractivity contribution in [3.8, 4) is 5.75 Å². The van der Waals surface area contributed by atoms with E-state index in [1.54, 1.807) is 23.1 Å². The lowest BCUT2D eigenvalue weighted by Crippen LogP contribution is -2.33. The van der Waals surface area contributed by atoms with Gasteiger partial charge in [-0.3, -0.25) is 4.90 Å². The van der Waals surface area contributed by atoms with Crippen LogP contribution in [0.1, 0.15) is 5.56 Å². The fraction of sp³-hybridized carbons (Fsp3) is 0.133. The second-order valence-corrected chi connectivity index (χ2v) is 4.51. The first-order valence-electron chi connectivity index (χ1n) is 6.19. The quantitative estimate of drug-likeness (QED) is 0.822. The number of phenols is 1. The van der Waals surface area contributed by atoms with Crippen LogP contribution in [0.5, 0.6) is 5.75 Å². The van der Waals surface area contributed by atoms with Crippen molar-refractivity contribution < 1.29 is 9.90 Å². The number of hydrogen-bond donors (Lipinski definition) is 2. The van der Waals surface area contributed by atoms with Crippen LogP contribution in [0.2, 0.25) is 0 Å². The van der Waals surface area contributed by atoms with E-state index in [4.69, 9.17) is 0 Å². The Morgan fingerprint density at radius 1 is 1.16 bits per heavy atom. The molecule has 2 aromatic carbocycles. The Morgan fingerprint density at radius 2 is 2.00 bits per heavy atom. The number of rotatable bonds is 1. The van der Waals surface area contributed by atoms with E-state index >= 15 is 0 Å². The first-order chi connectivity index (χ1) is 9.24. The third kappa shape index (κ3) is 2.25. The summed E-state index contributed by atoms with van der Waals surface area (Å²) < 4.78 is 0. The third-order valence-corrected chi connectivity index (χ3v) is 3.23. The van der Waals surface area contributed by atoms with Crippen molar-refractivity contribution in [1.29, 1.82) is 0 Å². The Hall–Kier alpha value is -2.49. The molecule has 0 bridgehead atoms. The molecular formula is C15H14N2O2. The lowest BCUT2D eigenvalue weighted by atomic mass is 10.2. The monoisotopic (exact) mass is 254 g/mol. The Kier molecular flexibility index (Phi) is 2.83. The molecule has 0 saturated carbocycles. The van der Waals surface area contributed by atoms with Crippen molar-refractivity contribution in [3.05, 3.63) is 54.1 Å². The number of carbonyl (C=O) groups excluding carboxylic acids is 1. The molecule has 19 heavy (non-hydrogen) atoms. The van der Waals surface area contributed by atoms with Gasteiger partial charge in [-0.15, -0.1) is 0 Å². The molecule has 1 aliphatic rings. The van der Waals surface area contributed by atoms with Crippen LogP contribution in [0.3, 0.4) is 0 Å². The minimum Gasteiger partial charge on any atom is -0.508 e. The van der Waals surface area contributed by atoms with Crippen LogP contribution >= 0.6 is 0 Å². The highest BCUT2D eigenvalue weighted by atomic mass is 16.3. The number of nitrogens with one attached hydrogen (secondary N) is 1. The first-order valence-corrected chi connectivity index (χ1v) is 6.19. The molecule has 0 fully saturated rings. The summed E-state index contributed by atoms with van der Waals surface area (Å²) >= 11 is 0. The largest absolute Gasteiger partial charge is 0.508 e. The second-order valence-electron chi connectivity index (χ2n) is 4.51. The fourth-order valence-corrected chi connectivity index (χ4v) is 2.32. The number of phenolic OH excluding ortho intramolecular Hbond substituents is 1. The predicted molar refractivity (Wildman–Crippen MR) is 74.6 cm³/mol. The number of aromatic hydroxyl groups is 1. The Labute approximate surface area is 111 Å². The topological polar surface area (TPSA) is 52.6 Å². The number of carbonyl (C=O) groups is 1. The Bertz CT molecular complexity index is 625. The summed E-state index contributed by atoms with van der Waals surface area (Å²) in [5, 5.41) is 12.2. The lowest BCUT2D eigenvalue weighted by Gasteiger charge is -2.18. The zero-order valence-corrected chi connectivity index (χ0v) is 10.3. The maximum atomic E-state index is 12.2. The molecule has 1 aliphatic heterocycles. The van der Waals surface area contributed by atoms with Gasteiger partial charge in [-0.25, -0.2) is 4.79 Å². The summed E-state index contributed by atoms with van der Waals surface area (Å²) in [7, 11) is 0. The molecular weight excluding hydrogens is 240 g/mol. The highest BCUT2D eigenvalue weighted by Crippen LogP contribution is 2.28. The van der Waals surface area contributed by atoms with Gasteiger partial charge in [0.15, 0.2) is 0 Å². The van der Waals surface area contributed by atoms with E-state index in [0.29, 0.717) is 12.2 Å². The van der Waals surface area contributed by atoms with E-state index in [1.807, 2.05) is 24.3 Å². The highest BCUT2D eigenvalue weighted by molar-refractivity contribution is 6.03. The van der Waals surface area contributed by atoms with E-state index in [1.165, 1.54) is 11.6 Å². The number of amides is 2. The molecule has 0 saturated heterocycles. The number of anilines is 2. The number of hydrogen-bond acceptors (Lipinski definition) is 2. The zero-order chi connectivity index (χ0) is 13.2. The standard InChI is InChI=1S/C15H14N2O2/c18-13-6-3-5-12(10-13)16-15(19)17-9-8-11-4-1-2-7-14(11)17/h1-7,10,18H,8-9H2,(H,16,19). The van der Waals surface area contributed by atoms with Crippen LogP contribution in [0.25, 0.3) is 0 Å². The van der Waals surface area contributed by atoms with Crippen molar-refractivity contribution >= 4 is 17.4 Å². The van der Waals surface area contributed by atoms with Crippen LogP contribution < -0.4 is 10.2 Å². The molecule has 0 unspecified atom stereocenters. The van der Waals surface area contributed by atoms with Gasteiger partial charge in [0.1, 0.15) is 5.75 Å². The van der Waals surface area contributed by atoms with Gasteiger partial charge < -0.3 is 10.4 Å². The van der Waals surface area contributed by atoms with E-state index in [2.05, 4.69) is 5.32 Å². The number of benzene rings is 2. The summed E-state index contributed by atoms with van der Waals surface area (Å²) in [4.78, 5) is 13.9. The van der Waals surface area contributed by atoms with E-state index in [9.17, 15) is 9.90 Å². The molecule has 2 aromatic rings. The Morgan fingerprint density at radius 3 is 2.84 bits per heavy atom. The number of nitrogens with zero attached hydrogens (tertiary/aromatic N) is 1. The van der Waals surface area contributed by atoms with Crippen molar-refractivity contribution in [2.24, 2.45) is 0 Å². The van der Waals surface area contributed by atoms with Gasteiger partial charge in [-0.2, -0.15) is 0 Å². The number of urea groups is 1. The molecule has 0 aromatic heterocycles. The van der Waals surface area contributed by atoms with E-state index in [-0.39, 0.29) is 11.8 Å². The van der Waals surface area contributed by atoms with Crippen molar-refractivity contribution in [2.45, 2.75) is 6.42 Å². The van der Waals surface area contributed by atoms with Crippen molar-refractivity contribution in [2.75, 3.05) is 16.8 Å². The molecule has 2 amide bonds. The number of fused-ring (bicyclic) bond motifs is 1. The Balaban J connectivity index is 1.79. The summed E-state index contributed by atoms with van der Waals surface area (Å²) in [6.07, 6.45) is 0.879. The molecule has 1 heterocycles. The molecule has 4 heteroatoms. The van der Waals surface area contributed by atoms with Crippen LogP contribution in [-0.4, -0.2) is 17.7 Å². The minimum absolute atomic E-state index is 0.139. The lowest BCUT2D eigenvalue weighted by molar-refractivity contribution is 0.257. The average Bonchev–Trinajstić information content (AvgIpc) is 2.82. The van der Waals surface area contributed by atoms with Gasteiger partial charge in [-0.05, 0) is 30.2 Å². The second kappa shape index (κ2) is 4.65. The zero-order valence-electron chi connectivity index (χ0n) is 10.3. The molecule has 0 aliphatic carbocycles. The highest BCUT2D eigenvalue weighted by Gasteiger charge is 2.23. The van der Waals surface area contributed by atoms with Crippen LogP contribution in [-0.2, 0) is 6.42 Å².